The van der Waals surface area contributed by atoms with E-state index in [2.05, 4.69) is 210 Å². The highest BCUT2D eigenvalue weighted by Crippen LogP contribution is 2.55. The van der Waals surface area contributed by atoms with E-state index in [1.807, 2.05) is 0 Å². The molecule has 0 heterocycles. The van der Waals surface area contributed by atoms with E-state index in [0.29, 0.717) is 0 Å². The molecule has 0 saturated heterocycles. The fourth-order valence-electron chi connectivity index (χ4n) is 9.91. The monoisotopic (exact) mass is 723 g/mol. The molecule has 8 aromatic carbocycles. The van der Waals surface area contributed by atoms with Crippen molar-refractivity contribution < 1.29 is 0 Å². The second kappa shape index (κ2) is 12.6. The fraction of sp³-hybridized carbons (Fsp3) is 0.200. The largest absolute Gasteiger partial charge is 0.310 e. The van der Waals surface area contributed by atoms with Crippen LogP contribution in [-0.4, -0.2) is 0 Å². The summed E-state index contributed by atoms with van der Waals surface area (Å²) in [7, 11) is 0. The van der Waals surface area contributed by atoms with Gasteiger partial charge < -0.3 is 4.90 Å². The van der Waals surface area contributed by atoms with Crippen LogP contribution < -0.4 is 4.90 Å². The van der Waals surface area contributed by atoms with Crippen molar-refractivity contribution in [2.24, 2.45) is 0 Å². The minimum absolute atomic E-state index is 0.0976. The molecule has 0 radical (unpaired) electrons. The predicted octanol–water partition coefficient (Wildman–Crippen LogP) is 15.5. The summed E-state index contributed by atoms with van der Waals surface area (Å²) in [5, 5.41) is 5.06. The standard InChI is InChI=1S/C55H49N/c1-53(2)30-31-54(3,4)51-33-40(24-29-49(51)53)46-34-47-45-18-12-13-19-48(45)55(5,6)50(47)35-52(46)56(41-25-22-37(23-26-41)36-14-8-7-9-15-36)42-27-28-44-39(32-42)21-20-38-16-10-11-17-43(38)44/h7-29,32-35H,30-31H2,1-6H3. The van der Waals surface area contributed by atoms with Crippen molar-refractivity contribution in [2.75, 3.05) is 4.90 Å². The van der Waals surface area contributed by atoms with E-state index in [4.69, 9.17) is 0 Å². The zero-order valence-corrected chi connectivity index (χ0v) is 33.4. The molecule has 2 aliphatic carbocycles. The van der Waals surface area contributed by atoms with Crippen molar-refractivity contribution >= 4 is 38.6 Å². The first-order valence-electron chi connectivity index (χ1n) is 20.3. The molecule has 274 valence electrons. The SMILES string of the molecule is CC1(C)CCC(C)(C)c2cc(-c3cc4c(cc3N(c3ccc(-c5ccccc5)cc3)c3ccc5c(ccc6ccccc65)c3)C(C)(C)c3ccccc3-4)ccc21. The van der Waals surface area contributed by atoms with Crippen LogP contribution in [0.4, 0.5) is 17.1 Å². The molecule has 1 heteroatoms. The Morgan fingerprint density at radius 3 is 1.80 bits per heavy atom. The van der Waals surface area contributed by atoms with Crippen LogP contribution in [0.2, 0.25) is 0 Å². The third-order valence-electron chi connectivity index (χ3n) is 13.3. The van der Waals surface area contributed by atoms with E-state index in [-0.39, 0.29) is 16.2 Å². The van der Waals surface area contributed by atoms with Gasteiger partial charge >= 0.3 is 0 Å². The summed E-state index contributed by atoms with van der Waals surface area (Å²) in [6.45, 7) is 14.5. The minimum Gasteiger partial charge on any atom is -0.310 e. The first-order chi connectivity index (χ1) is 27.0. The van der Waals surface area contributed by atoms with E-state index in [1.54, 1.807) is 0 Å². The van der Waals surface area contributed by atoms with Crippen LogP contribution in [0.15, 0.2) is 164 Å². The highest BCUT2D eigenvalue weighted by molar-refractivity contribution is 6.09. The molecule has 0 atom stereocenters. The van der Waals surface area contributed by atoms with Crippen molar-refractivity contribution in [3.8, 4) is 33.4 Å². The van der Waals surface area contributed by atoms with Crippen LogP contribution in [-0.2, 0) is 16.2 Å². The van der Waals surface area contributed by atoms with Gasteiger partial charge in [-0.1, -0.05) is 169 Å². The summed E-state index contributed by atoms with van der Waals surface area (Å²) in [5.41, 5.74) is 17.0. The molecule has 0 unspecified atom stereocenters. The third-order valence-corrected chi connectivity index (χ3v) is 13.3. The first-order valence-corrected chi connectivity index (χ1v) is 20.3. The van der Waals surface area contributed by atoms with Crippen LogP contribution in [0.5, 0.6) is 0 Å². The summed E-state index contributed by atoms with van der Waals surface area (Å²) < 4.78 is 0. The third kappa shape index (κ3) is 5.43. The molecule has 8 aromatic rings. The molecule has 0 aliphatic heterocycles. The van der Waals surface area contributed by atoms with Crippen LogP contribution in [0.1, 0.15) is 76.6 Å². The molecule has 0 fully saturated rings. The Bertz CT molecular complexity index is 2820. The topological polar surface area (TPSA) is 3.24 Å². The van der Waals surface area contributed by atoms with Gasteiger partial charge in [0.1, 0.15) is 0 Å². The second-order valence-corrected chi connectivity index (χ2v) is 18.1. The Morgan fingerprint density at radius 2 is 1.00 bits per heavy atom. The molecule has 56 heavy (non-hydrogen) atoms. The highest BCUT2D eigenvalue weighted by Gasteiger charge is 2.39. The maximum atomic E-state index is 2.54. The Kier molecular flexibility index (Phi) is 7.75. The average molecular weight is 724 g/mol. The summed E-state index contributed by atoms with van der Waals surface area (Å²) in [6, 6.07) is 61.7. The summed E-state index contributed by atoms with van der Waals surface area (Å²) in [6.07, 6.45) is 2.38. The molecule has 2 aliphatic rings. The number of hydrogen-bond donors (Lipinski definition) is 0. The van der Waals surface area contributed by atoms with E-state index >= 15 is 0 Å². The second-order valence-electron chi connectivity index (χ2n) is 18.1. The Hall–Kier alpha value is -5.92. The molecule has 0 bridgehead atoms. The molecule has 1 nitrogen and oxygen atoms in total. The average Bonchev–Trinajstić information content (AvgIpc) is 3.45. The van der Waals surface area contributed by atoms with Crippen LogP contribution in [0.25, 0.3) is 54.9 Å². The highest BCUT2D eigenvalue weighted by atomic mass is 15.1. The minimum atomic E-state index is -0.147. The van der Waals surface area contributed by atoms with E-state index in [0.717, 1.165) is 11.4 Å². The van der Waals surface area contributed by atoms with Gasteiger partial charge in [0.25, 0.3) is 0 Å². The van der Waals surface area contributed by atoms with Crippen molar-refractivity contribution in [3.63, 3.8) is 0 Å². The van der Waals surface area contributed by atoms with Crippen molar-refractivity contribution in [3.05, 3.63) is 186 Å². The van der Waals surface area contributed by atoms with Gasteiger partial charge in [-0.3, -0.25) is 0 Å². The number of anilines is 3. The molecule has 0 aromatic heterocycles. The van der Waals surface area contributed by atoms with Gasteiger partial charge in [-0.2, -0.15) is 0 Å². The van der Waals surface area contributed by atoms with E-state index in [1.165, 1.54) is 95.7 Å². The lowest BCUT2D eigenvalue weighted by atomic mass is 9.63. The van der Waals surface area contributed by atoms with Crippen LogP contribution in [0, 0.1) is 0 Å². The van der Waals surface area contributed by atoms with Gasteiger partial charge in [0.2, 0.25) is 0 Å². The lowest BCUT2D eigenvalue weighted by molar-refractivity contribution is 0.332. The van der Waals surface area contributed by atoms with Gasteiger partial charge in [0, 0.05) is 22.4 Å². The van der Waals surface area contributed by atoms with Crippen molar-refractivity contribution in [1.29, 1.82) is 0 Å². The van der Waals surface area contributed by atoms with Gasteiger partial charge in [-0.05, 0) is 132 Å². The fourth-order valence-corrected chi connectivity index (χ4v) is 9.91. The molecule has 0 saturated carbocycles. The van der Waals surface area contributed by atoms with Gasteiger partial charge in [-0.25, -0.2) is 0 Å². The summed E-state index contributed by atoms with van der Waals surface area (Å²) >= 11 is 0. The normalized spacial score (nSPS) is 16.0. The molecular formula is C55H49N. The van der Waals surface area contributed by atoms with Crippen LogP contribution >= 0.6 is 0 Å². The van der Waals surface area contributed by atoms with Crippen molar-refractivity contribution in [1.82, 2.24) is 0 Å². The Morgan fingerprint density at radius 1 is 0.375 bits per heavy atom. The van der Waals surface area contributed by atoms with Gasteiger partial charge in [-0.15, -0.1) is 0 Å². The number of nitrogens with zero attached hydrogens (tertiary/aromatic N) is 1. The first kappa shape index (κ1) is 34.6. The van der Waals surface area contributed by atoms with E-state index in [9.17, 15) is 0 Å². The number of rotatable bonds is 5. The molecule has 0 amide bonds. The Labute approximate surface area is 332 Å². The molecule has 10 rings (SSSR count). The molecule has 0 spiro atoms. The zero-order chi connectivity index (χ0) is 38.4. The lowest BCUT2D eigenvalue weighted by Gasteiger charge is -2.42. The smallest absolute Gasteiger partial charge is 0.0543 e. The quantitative estimate of drug-likeness (QED) is 0.160. The number of benzene rings is 8. The van der Waals surface area contributed by atoms with Gasteiger partial charge in [0.05, 0.1) is 5.69 Å². The lowest BCUT2D eigenvalue weighted by Crippen LogP contribution is -2.33. The summed E-state index contributed by atoms with van der Waals surface area (Å²) in [5.74, 6) is 0. The van der Waals surface area contributed by atoms with Gasteiger partial charge in [0.15, 0.2) is 0 Å². The van der Waals surface area contributed by atoms with Crippen molar-refractivity contribution in [2.45, 2.75) is 70.6 Å². The van der Waals surface area contributed by atoms with E-state index < -0.39 is 0 Å². The maximum absolute atomic E-state index is 2.54. The Balaban J connectivity index is 1.25. The predicted molar refractivity (Wildman–Crippen MR) is 240 cm³/mol. The number of hydrogen-bond acceptors (Lipinski definition) is 1. The molecular weight excluding hydrogens is 675 g/mol. The van der Waals surface area contributed by atoms with Crippen LogP contribution in [0.3, 0.4) is 0 Å². The summed E-state index contributed by atoms with van der Waals surface area (Å²) in [4.78, 5) is 2.52. The zero-order valence-electron chi connectivity index (χ0n) is 33.4. The maximum Gasteiger partial charge on any atom is 0.0543 e. The molecule has 0 N–H and O–H groups in total. The number of fused-ring (bicyclic) bond motifs is 7.